The molecule has 126 valence electrons. The third-order valence-electron chi connectivity index (χ3n) is 5.34. The summed E-state index contributed by atoms with van der Waals surface area (Å²) in [6.45, 7) is 3.47. The number of H-pyrrole nitrogens is 1. The lowest BCUT2D eigenvalue weighted by Crippen LogP contribution is -2.38. The monoisotopic (exact) mass is 327 g/mol. The SMILES string of the molecule is Cc1ccc(C(=O)N2CCC(c3n[nH]c(=O)o3)CC2)c2c1CCC2. The van der Waals surface area contributed by atoms with Gasteiger partial charge in [-0.3, -0.25) is 4.79 Å². The van der Waals surface area contributed by atoms with Crippen molar-refractivity contribution in [2.75, 3.05) is 13.1 Å². The van der Waals surface area contributed by atoms with Gasteiger partial charge < -0.3 is 9.32 Å². The first-order chi connectivity index (χ1) is 11.6. The quantitative estimate of drug-likeness (QED) is 0.917. The summed E-state index contributed by atoms with van der Waals surface area (Å²) in [5, 5.41) is 6.22. The molecule has 0 atom stereocenters. The number of aromatic nitrogens is 2. The Morgan fingerprint density at radius 1 is 1.25 bits per heavy atom. The first-order valence-electron chi connectivity index (χ1n) is 8.59. The Bertz CT molecular complexity index is 828. The third kappa shape index (κ3) is 2.56. The molecule has 4 rings (SSSR count). The number of nitrogens with zero attached hydrogens (tertiary/aromatic N) is 2. The summed E-state index contributed by atoms with van der Waals surface area (Å²) >= 11 is 0. The summed E-state index contributed by atoms with van der Waals surface area (Å²) in [5.41, 5.74) is 4.79. The minimum absolute atomic E-state index is 0.108. The average molecular weight is 327 g/mol. The standard InChI is InChI=1S/C18H21N3O3/c1-11-5-6-15(14-4-2-3-13(11)14)17(22)21-9-7-12(8-10-21)16-19-20-18(23)24-16/h5-6,12H,2-4,7-10H2,1H3,(H,20,23). The van der Waals surface area contributed by atoms with Crippen LogP contribution in [0.2, 0.25) is 0 Å². The van der Waals surface area contributed by atoms with Crippen LogP contribution in [0.15, 0.2) is 21.3 Å². The molecule has 24 heavy (non-hydrogen) atoms. The molecule has 0 bridgehead atoms. The van der Waals surface area contributed by atoms with E-state index in [-0.39, 0.29) is 11.8 Å². The first-order valence-corrected chi connectivity index (χ1v) is 8.59. The number of nitrogens with one attached hydrogen (secondary N) is 1. The molecular weight excluding hydrogens is 306 g/mol. The van der Waals surface area contributed by atoms with Crippen molar-refractivity contribution in [1.82, 2.24) is 15.1 Å². The highest BCUT2D eigenvalue weighted by Crippen LogP contribution is 2.31. The van der Waals surface area contributed by atoms with Crippen molar-refractivity contribution in [2.24, 2.45) is 0 Å². The van der Waals surface area contributed by atoms with Crippen molar-refractivity contribution in [3.05, 3.63) is 50.8 Å². The Kier molecular flexibility index (Phi) is 3.75. The second kappa shape index (κ2) is 5.92. The van der Waals surface area contributed by atoms with Gasteiger partial charge in [0.25, 0.3) is 5.91 Å². The number of fused-ring (bicyclic) bond motifs is 1. The van der Waals surface area contributed by atoms with Crippen molar-refractivity contribution in [3.63, 3.8) is 0 Å². The van der Waals surface area contributed by atoms with Crippen molar-refractivity contribution in [3.8, 4) is 0 Å². The summed E-state index contributed by atoms with van der Waals surface area (Å²) in [5.74, 6) is 0.189. The predicted molar refractivity (Wildman–Crippen MR) is 88.2 cm³/mol. The van der Waals surface area contributed by atoms with Crippen LogP contribution < -0.4 is 5.76 Å². The molecule has 1 aliphatic carbocycles. The van der Waals surface area contributed by atoms with Gasteiger partial charge in [-0.2, -0.15) is 0 Å². The van der Waals surface area contributed by atoms with Crippen LogP contribution in [0.3, 0.4) is 0 Å². The van der Waals surface area contributed by atoms with Crippen LogP contribution in [0.1, 0.15) is 58.1 Å². The number of likely N-dealkylation sites (tertiary alicyclic amines) is 1. The molecule has 0 saturated carbocycles. The van der Waals surface area contributed by atoms with Crippen LogP contribution in [0.5, 0.6) is 0 Å². The van der Waals surface area contributed by atoms with Crippen LogP contribution in [-0.4, -0.2) is 34.1 Å². The van der Waals surface area contributed by atoms with Gasteiger partial charge in [0.2, 0.25) is 5.89 Å². The molecule has 2 aliphatic rings. The van der Waals surface area contributed by atoms with Crippen LogP contribution in [-0.2, 0) is 12.8 Å². The molecule has 1 aromatic carbocycles. The smallest absolute Gasteiger partial charge is 0.392 e. The van der Waals surface area contributed by atoms with Gasteiger partial charge in [0, 0.05) is 24.6 Å². The molecule has 1 aromatic heterocycles. The highest BCUT2D eigenvalue weighted by Gasteiger charge is 2.29. The van der Waals surface area contributed by atoms with E-state index in [1.807, 2.05) is 11.0 Å². The number of aryl methyl sites for hydroxylation is 1. The molecule has 0 spiro atoms. The number of carbonyl (C=O) groups excluding carboxylic acids is 1. The van der Waals surface area contributed by atoms with E-state index in [9.17, 15) is 9.59 Å². The van der Waals surface area contributed by atoms with Crippen LogP contribution >= 0.6 is 0 Å². The number of benzene rings is 1. The van der Waals surface area contributed by atoms with Crippen molar-refractivity contribution in [2.45, 2.75) is 44.9 Å². The lowest BCUT2D eigenvalue weighted by Gasteiger charge is -2.31. The van der Waals surface area contributed by atoms with Gasteiger partial charge in [0.05, 0.1) is 0 Å². The molecule has 1 saturated heterocycles. The molecule has 1 aliphatic heterocycles. The van der Waals surface area contributed by atoms with E-state index in [4.69, 9.17) is 4.42 Å². The molecule has 0 radical (unpaired) electrons. The second-order valence-electron chi connectivity index (χ2n) is 6.76. The average Bonchev–Trinajstić information content (AvgIpc) is 3.24. The minimum Gasteiger partial charge on any atom is -0.392 e. The molecule has 1 N–H and O–H groups in total. The summed E-state index contributed by atoms with van der Waals surface area (Å²) in [4.78, 5) is 25.9. The maximum absolute atomic E-state index is 12.9. The molecule has 1 fully saturated rings. The summed E-state index contributed by atoms with van der Waals surface area (Å²) in [7, 11) is 0. The highest BCUT2D eigenvalue weighted by atomic mass is 16.4. The van der Waals surface area contributed by atoms with Crippen LogP contribution in [0.25, 0.3) is 0 Å². The zero-order valence-corrected chi connectivity index (χ0v) is 13.8. The number of hydrogen-bond acceptors (Lipinski definition) is 4. The topological polar surface area (TPSA) is 79.2 Å². The zero-order chi connectivity index (χ0) is 16.7. The number of aromatic amines is 1. The largest absolute Gasteiger partial charge is 0.434 e. The van der Waals surface area contributed by atoms with Crippen molar-refractivity contribution < 1.29 is 9.21 Å². The van der Waals surface area contributed by atoms with Gasteiger partial charge in [-0.25, -0.2) is 9.89 Å². The van der Waals surface area contributed by atoms with Crippen molar-refractivity contribution >= 4 is 5.91 Å². The fourth-order valence-corrected chi connectivity index (χ4v) is 4.00. The summed E-state index contributed by atoms with van der Waals surface area (Å²) < 4.78 is 5.05. The number of rotatable bonds is 2. The van der Waals surface area contributed by atoms with E-state index in [1.54, 1.807) is 0 Å². The second-order valence-corrected chi connectivity index (χ2v) is 6.76. The lowest BCUT2D eigenvalue weighted by molar-refractivity contribution is 0.0705. The fourth-order valence-electron chi connectivity index (χ4n) is 4.00. The van der Waals surface area contributed by atoms with E-state index in [2.05, 4.69) is 23.2 Å². The summed E-state index contributed by atoms with van der Waals surface area (Å²) in [6, 6.07) is 4.06. The molecule has 6 nitrogen and oxygen atoms in total. The number of hydrogen-bond donors (Lipinski definition) is 1. The fraction of sp³-hybridized carbons (Fsp3) is 0.500. The van der Waals surface area contributed by atoms with E-state index in [0.717, 1.165) is 37.7 Å². The maximum atomic E-state index is 12.9. The van der Waals surface area contributed by atoms with Gasteiger partial charge in [0.1, 0.15) is 0 Å². The van der Waals surface area contributed by atoms with Crippen LogP contribution in [0.4, 0.5) is 0 Å². The van der Waals surface area contributed by atoms with Crippen LogP contribution in [0, 0.1) is 6.92 Å². The number of carbonyl (C=O) groups is 1. The Balaban J connectivity index is 1.49. The van der Waals surface area contributed by atoms with E-state index < -0.39 is 5.76 Å². The maximum Gasteiger partial charge on any atom is 0.434 e. The Morgan fingerprint density at radius 3 is 2.71 bits per heavy atom. The Hall–Kier alpha value is -2.37. The number of amides is 1. The minimum atomic E-state index is -0.515. The molecule has 0 unspecified atom stereocenters. The predicted octanol–water partition coefficient (Wildman–Crippen LogP) is 2.18. The Morgan fingerprint density at radius 2 is 2.00 bits per heavy atom. The first kappa shape index (κ1) is 15.2. The highest BCUT2D eigenvalue weighted by molar-refractivity contribution is 5.96. The van der Waals surface area contributed by atoms with Gasteiger partial charge in [-0.15, -0.1) is 5.10 Å². The summed E-state index contributed by atoms with van der Waals surface area (Å²) in [6.07, 6.45) is 4.78. The van der Waals surface area contributed by atoms with E-state index in [0.29, 0.717) is 19.0 Å². The molecule has 2 aromatic rings. The van der Waals surface area contributed by atoms with E-state index >= 15 is 0 Å². The molecule has 1 amide bonds. The molecule has 2 heterocycles. The number of piperidine rings is 1. The molecule has 6 heteroatoms. The van der Waals surface area contributed by atoms with Gasteiger partial charge in [0.15, 0.2) is 0 Å². The lowest BCUT2D eigenvalue weighted by atomic mass is 9.94. The van der Waals surface area contributed by atoms with Crippen molar-refractivity contribution in [1.29, 1.82) is 0 Å². The Labute approximate surface area is 139 Å². The van der Waals surface area contributed by atoms with E-state index in [1.165, 1.54) is 16.7 Å². The van der Waals surface area contributed by atoms with Gasteiger partial charge in [-0.05, 0) is 61.8 Å². The zero-order valence-electron chi connectivity index (χ0n) is 13.8. The van der Waals surface area contributed by atoms with Gasteiger partial charge in [-0.1, -0.05) is 6.07 Å². The molecular formula is C18H21N3O3. The normalized spacial score (nSPS) is 18.0. The third-order valence-corrected chi connectivity index (χ3v) is 5.34. The van der Waals surface area contributed by atoms with Gasteiger partial charge >= 0.3 is 5.76 Å².